The number of carbonyl (C=O) groups excluding carboxylic acids is 1. The van der Waals surface area contributed by atoms with E-state index in [0.717, 1.165) is 37.1 Å². The number of rotatable bonds is 8. The Hall–Kier alpha value is -1.81. The van der Waals surface area contributed by atoms with Crippen molar-refractivity contribution < 1.29 is 35.5 Å². The summed E-state index contributed by atoms with van der Waals surface area (Å²) in [5.74, 6) is -4.64. The van der Waals surface area contributed by atoms with Gasteiger partial charge in [-0.2, -0.15) is 26.3 Å². The second-order valence-corrected chi connectivity index (χ2v) is 9.28. The molecule has 2 aromatic rings. The van der Waals surface area contributed by atoms with Gasteiger partial charge in [0.2, 0.25) is 0 Å². The van der Waals surface area contributed by atoms with Gasteiger partial charge >= 0.3 is 12.4 Å². The molecule has 12 heteroatoms. The van der Waals surface area contributed by atoms with Crippen LogP contribution < -0.4 is 5.32 Å². The van der Waals surface area contributed by atoms with E-state index in [1.807, 2.05) is 0 Å². The highest BCUT2D eigenvalue weighted by Gasteiger charge is 2.41. The molecule has 1 aliphatic rings. The predicted molar refractivity (Wildman–Crippen MR) is 121 cm³/mol. The zero-order valence-electron chi connectivity index (χ0n) is 17.6. The Bertz CT molecular complexity index is 1120. The zero-order valence-corrected chi connectivity index (χ0v) is 19.9. The SMILES string of the molecule is O=C(CNCC1CC1)c1ccc(/C(F)=C/C(c2cc(Cl)c(Cl)c(Cl)c2)C(F)(F)F)cc1C(F)(F)F. The topological polar surface area (TPSA) is 29.1 Å². The van der Waals surface area contributed by atoms with Crippen LogP contribution in [-0.4, -0.2) is 25.0 Å². The molecule has 0 aromatic heterocycles. The molecule has 1 unspecified atom stereocenters. The van der Waals surface area contributed by atoms with Crippen molar-refractivity contribution in [3.63, 3.8) is 0 Å². The monoisotopic (exact) mass is 561 g/mol. The van der Waals surface area contributed by atoms with Crippen LogP contribution in [-0.2, 0) is 6.18 Å². The van der Waals surface area contributed by atoms with Crippen molar-refractivity contribution >= 4 is 46.4 Å². The number of hydrogen-bond acceptors (Lipinski definition) is 2. The molecular formula is C23H17Cl3F7NO. The standard InChI is InChI=1S/C23H17Cl3F7NO/c24-17-6-13(7-18(25)21(17)26)15(22(28,29)30)8-19(27)12-3-4-14(16(5-12)23(31,32)33)20(35)10-34-9-11-1-2-11/h3-8,11,15,34H,1-2,9-10H2/b19-8-. The number of nitrogens with one attached hydrogen (secondary N) is 1. The maximum Gasteiger partial charge on any atom is 0.417 e. The van der Waals surface area contributed by atoms with Crippen LogP contribution in [0.15, 0.2) is 36.4 Å². The van der Waals surface area contributed by atoms with Crippen molar-refractivity contribution in [1.29, 1.82) is 0 Å². The fraction of sp³-hybridized carbons (Fsp3) is 0.348. The maximum absolute atomic E-state index is 14.9. The molecule has 1 N–H and O–H groups in total. The van der Waals surface area contributed by atoms with Gasteiger partial charge in [-0.05, 0) is 55.1 Å². The Morgan fingerprint density at radius 2 is 1.63 bits per heavy atom. The highest BCUT2D eigenvalue weighted by molar-refractivity contribution is 6.48. The van der Waals surface area contributed by atoms with Crippen LogP contribution in [0.3, 0.4) is 0 Å². The number of ketones is 1. The lowest BCUT2D eigenvalue weighted by atomic mass is 9.95. The predicted octanol–water partition coefficient (Wildman–Crippen LogP) is 8.50. The highest BCUT2D eigenvalue weighted by Crippen LogP contribution is 2.43. The van der Waals surface area contributed by atoms with Crippen LogP contribution in [0.5, 0.6) is 0 Å². The molecule has 2 nitrogen and oxygen atoms in total. The molecule has 0 saturated heterocycles. The third-order valence-electron chi connectivity index (χ3n) is 5.35. The maximum atomic E-state index is 14.9. The molecule has 35 heavy (non-hydrogen) atoms. The van der Waals surface area contributed by atoms with Gasteiger partial charge in [0.05, 0.1) is 27.2 Å². The minimum Gasteiger partial charge on any atom is -0.309 e. The summed E-state index contributed by atoms with van der Waals surface area (Å²) in [6.45, 7) is 0.131. The fourth-order valence-electron chi connectivity index (χ4n) is 3.35. The Morgan fingerprint density at radius 1 is 1.03 bits per heavy atom. The van der Waals surface area contributed by atoms with E-state index in [1.54, 1.807) is 0 Å². The van der Waals surface area contributed by atoms with Gasteiger partial charge in [-0.25, -0.2) is 4.39 Å². The van der Waals surface area contributed by atoms with E-state index in [1.165, 1.54) is 0 Å². The third kappa shape index (κ3) is 7.12. The van der Waals surface area contributed by atoms with Crippen molar-refractivity contribution in [2.45, 2.75) is 31.1 Å². The number of allylic oxidation sites excluding steroid dienone is 1. The number of halogens is 10. The molecular weight excluding hydrogens is 546 g/mol. The molecule has 1 fully saturated rings. The summed E-state index contributed by atoms with van der Waals surface area (Å²) in [5.41, 5.74) is -3.49. The Balaban J connectivity index is 1.97. The van der Waals surface area contributed by atoms with E-state index >= 15 is 0 Å². The first-order chi connectivity index (χ1) is 16.2. The van der Waals surface area contributed by atoms with Crippen LogP contribution in [0.4, 0.5) is 30.7 Å². The molecule has 1 aliphatic carbocycles. The Kier molecular flexibility index (Phi) is 8.46. The summed E-state index contributed by atoms with van der Waals surface area (Å²) in [6, 6.07) is 3.58. The quantitative estimate of drug-likeness (QED) is 0.199. The van der Waals surface area contributed by atoms with Gasteiger partial charge in [-0.1, -0.05) is 46.9 Å². The summed E-state index contributed by atoms with van der Waals surface area (Å²) >= 11 is 17.3. The lowest BCUT2D eigenvalue weighted by Crippen LogP contribution is -2.26. The molecule has 0 bridgehead atoms. The van der Waals surface area contributed by atoms with Crippen LogP contribution in [0, 0.1) is 5.92 Å². The summed E-state index contributed by atoms with van der Waals surface area (Å²) in [5, 5.41) is 1.95. The van der Waals surface area contributed by atoms with Crippen molar-refractivity contribution in [1.82, 2.24) is 5.32 Å². The Labute approximate surface area is 211 Å². The van der Waals surface area contributed by atoms with E-state index in [0.29, 0.717) is 18.5 Å². The van der Waals surface area contributed by atoms with Crippen molar-refractivity contribution in [3.05, 3.63) is 73.7 Å². The largest absolute Gasteiger partial charge is 0.417 e. The molecule has 2 aromatic carbocycles. The van der Waals surface area contributed by atoms with Gasteiger partial charge < -0.3 is 5.32 Å². The van der Waals surface area contributed by atoms with Crippen LogP contribution in [0.2, 0.25) is 15.1 Å². The lowest BCUT2D eigenvalue weighted by Gasteiger charge is -2.19. The van der Waals surface area contributed by atoms with E-state index in [-0.39, 0.29) is 27.7 Å². The van der Waals surface area contributed by atoms with Crippen molar-refractivity contribution in [2.75, 3.05) is 13.1 Å². The molecule has 0 radical (unpaired) electrons. The first kappa shape index (κ1) is 27.8. The summed E-state index contributed by atoms with van der Waals surface area (Å²) in [7, 11) is 0. The Morgan fingerprint density at radius 3 is 2.14 bits per heavy atom. The van der Waals surface area contributed by atoms with Gasteiger partial charge in [0.25, 0.3) is 0 Å². The van der Waals surface area contributed by atoms with Gasteiger partial charge in [-0.15, -0.1) is 0 Å². The smallest absolute Gasteiger partial charge is 0.309 e. The van der Waals surface area contributed by atoms with E-state index < -0.39 is 52.1 Å². The normalized spacial score (nSPS) is 15.9. The number of alkyl halides is 6. The summed E-state index contributed by atoms with van der Waals surface area (Å²) in [4.78, 5) is 12.3. The van der Waals surface area contributed by atoms with Crippen LogP contribution >= 0.6 is 34.8 Å². The first-order valence-electron chi connectivity index (χ1n) is 10.2. The van der Waals surface area contributed by atoms with Crippen molar-refractivity contribution in [2.24, 2.45) is 5.92 Å². The van der Waals surface area contributed by atoms with Crippen LogP contribution in [0.1, 0.15) is 45.8 Å². The minimum absolute atomic E-state index is 0.115. The van der Waals surface area contributed by atoms with E-state index in [2.05, 4.69) is 5.32 Å². The molecule has 0 spiro atoms. The second kappa shape index (κ2) is 10.7. The number of hydrogen-bond donors (Lipinski definition) is 1. The van der Waals surface area contributed by atoms with E-state index in [4.69, 9.17) is 34.8 Å². The molecule has 190 valence electrons. The van der Waals surface area contributed by atoms with E-state index in [9.17, 15) is 35.5 Å². The average molecular weight is 563 g/mol. The van der Waals surface area contributed by atoms with Gasteiger partial charge in [-0.3, -0.25) is 4.79 Å². The molecule has 3 rings (SSSR count). The highest BCUT2D eigenvalue weighted by atomic mass is 35.5. The first-order valence-corrected chi connectivity index (χ1v) is 11.4. The minimum atomic E-state index is -5.04. The molecule has 0 amide bonds. The lowest BCUT2D eigenvalue weighted by molar-refractivity contribution is -0.140. The van der Waals surface area contributed by atoms with Gasteiger partial charge in [0, 0.05) is 11.1 Å². The van der Waals surface area contributed by atoms with Gasteiger partial charge in [0.1, 0.15) is 11.7 Å². The third-order valence-corrected chi connectivity index (χ3v) is 6.54. The van der Waals surface area contributed by atoms with Gasteiger partial charge in [0.15, 0.2) is 5.78 Å². The number of carbonyl (C=O) groups is 1. The molecule has 0 heterocycles. The molecule has 0 aliphatic heterocycles. The summed E-state index contributed by atoms with van der Waals surface area (Å²) in [6.07, 6.45) is -8.01. The second-order valence-electron chi connectivity index (χ2n) is 8.09. The van der Waals surface area contributed by atoms with Crippen molar-refractivity contribution in [3.8, 4) is 0 Å². The average Bonchev–Trinajstić information content (AvgIpc) is 3.57. The number of Topliss-reactive ketones (excluding diaryl/α,β-unsaturated/α-hetero) is 1. The zero-order chi connectivity index (χ0) is 26.1. The summed E-state index contributed by atoms with van der Waals surface area (Å²) < 4.78 is 96.8. The number of benzene rings is 2. The van der Waals surface area contributed by atoms with Crippen LogP contribution in [0.25, 0.3) is 5.83 Å². The molecule has 1 atom stereocenters. The molecule has 1 saturated carbocycles. The fourth-order valence-corrected chi connectivity index (χ4v) is 3.97.